The van der Waals surface area contributed by atoms with E-state index in [1.54, 1.807) is 4.68 Å². The molecule has 0 saturated heterocycles. The van der Waals surface area contributed by atoms with Gasteiger partial charge in [0.2, 0.25) is 0 Å². The number of nitrogens with two attached hydrogens (primary N) is 1. The van der Waals surface area contributed by atoms with Crippen molar-refractivity contribution in [2.75, 3.05) is 0 Å². The smallest absolute Gasteiger partial charge is 0.151 e. The van der Waals surface area contributed by atoms with Gasteiger partial charge in [0.1, 0.15) is 0 Å². The number of hydrogen-bond acceptors (Lipinski definition) is 3. The Balaban J connectivity index is 1.99. The summed E-state index contributed by atoms with van der Waals surface area (Å²) in [5.41, 5.74) is 8.39. The molecule has 0 aliphatic heterocycles. The van der Waals surface area contributed by atoms with Gasteiger partial charge in [-0.05, 0) is 34.3 Å². The van der Waals surface area contributed by atoms with Gasteiger partial charge in [-0.1, -0.05) is 35.5 Å². The Morgan fingerprint density at radius 2 is 2.06 bits per heavy atom. The fourth-order valence-corrected chi connectivity index (χ4v) is 2.30. The second-order valence-electron chi connectivity index (χ2n) is 4.01. The van der Waals surface area contributed by atoms with Crippen molar-refractivity contribution in [1.82, 2.24) is 15.0 Å². The molecule has 2 N–H and O–H groups in total. The van der Waals surface area contributed by atoms with E-state index in [1.807, 2.05) is 25.2 Å². The molecule has 4 nitrogen and oxygen atoms in total. The minimum absolute atomic E-state index is 0.0537. The second kappa shape index (κ2) is 5.42. The van der Waals surface area contributed by atoms with E-state index >= 15 is 0 Å². The maximum Gasteiger partial charge on any atom is 0.151 e. The first-order chi connectivity index (χ1) is 8.18. The molecule has 2 aromatic rings. The molecule has 0 saturated carbocycles. The predicted octanol–water partition coefficient (Wildman–Crippen LogP) is 2.21. The molecule has 1 atom stereocenters. The van der Waals surface area contributed by atoms with Crippen molar-refractivity contribution < 1.29 is 0 Å². The zero-order valence-electron chi connectivity index (χ0n) is 9.68. The topological polar surface area (TPSA) is 56.7 Å². The van der Waals surface area contributed by atoms with Crippen LogP contribution in [0.3, 0.4) is 0 Å². The van der Waals surface area contributed by atoms with Crippen molar-refractivity contribution >= 4 is 15.9 Å². The van der Waals surface area contributed by atoms with E-state index in [2.05, 4.69) is 38.4 Å². The van der Waals surface area contributed by atoms with E-state index in [0.29, 0.717) is 0 Å². The third kappa shape index (κ3) is 2.92. The van der Waals surface area contributed by atoms with E-state index in [-0.39, 0.29) is 6.04 Å². The number of nitrogens with zero attached hydrogens (tertiary/aromatic N) is 3. The van der Waals surface area contributed by atoms with Crippen molar-refractivity contribution in [3.05, 3.63) is 46.2 Å². The summed E-state index contributed by atoms with van der Waals surface area (Å²) >= 11 is 3.39. The molecule has 0 spiro atoms. The molecule has 1 heterocycles. The van der Waals surface area contributed by atoms with E-state index < -0.39 is 0 Å². The van der Waals surface area contributed by atoms with Gasteiger partial charge in [-0.15, -0.1) is 5.10 Å². The largest absolute Gasteiger partial charge is 0.324 e. The van der Waals surface area contributed by atoms with Crippen LogP contribution in [0.4, 0.5) is 0 Å². The standard InChI is InChI=1S/C12H15BrN4/c1-17-11(12(13)15-16-17)8-7-10(14)9-5-3-2-4-6-9/h2-6,10H,7-8,14H2,1H3. The highest BCUT2D eigenvalue weighted by Crippen LogP contribution is 2.19. The quantitative estimate of drug-likeness (QED) is 0.941. The number of benzene rings is 1. The van der Waals surface area contributed by atoms with E-state index in [9.17, 15) is 0 Å². The van der Waals surface area contributed by atoms with Crippen molar-refractivity contribution in [1.29, 1.82) is 0 Å². The van der Waals surface area contributed by atoms with Crippen LogP contribution < -0.4 is 5.73 Å². The maximum absolute atomic E-state index is 6.15. The number of halogens is 1. The monoisotopic (exact) mass is 294 g/mol. The number of hydrogen-bond donors (Lipinski definition) is 1. The van der Waals surface area contributed by atoms with Crippen LogP contribution >= 0.6 is 15.9 Å². The van der Waals surface area contributed by atoms with E-state index in [1.165, 1.54) is 5.56 Å². The van der Waals surface area contributed by atoms with Crippen LogP contribution in [-0.4, -0.2) is 15.0 Å². The first-order valence-corrected chi connectivity index (χ1v) is 6.32. The Bertz CT molecular complexity index is 461. The summed E-state index contributed by atoms with van der Waals surface area (Å²) < 4.78 is 2.59. The van der Waals surface area contributed by atoms with Crippen molar-refractivity contribution in [2.24, 2.45) is 12.8 Å². The van der Waals surface area contributed by atoms with Gasteiger partial charge in [0.15, 0.2) is 4.60 Å². The van der Waals surface area contributed by atoms with Crippen LogP contribution in [-0.2, 0) is 13.5 Å². The molecule has 5 heteroatoms. The van der Waals surface area contributed by atoms with Gasteiger partial charge in [0.05, 0.1) is 5.69 Å². The molecule has 1 aromatic heterocycles. The summed E-state index contributed by atoms with van der Waals surface area (Å²) in [5.74, 6) is 0. The Kier molecular flexibility index (Phi) is 3.91. The molecule has 1 aromatic carbocycles. The maximum atomic E-state index is 6.15. The number of aryl methyl sites for hydroxylation is 1. The minimum Gasteiger partial charge on any atom is -0.324 e. The summed E-state index contributed by atoms with van der Waals surface area (Å²) in [6.45, 7) is 0. The molecular formula is C12H15BrN4. The van der Waals surface area contributed by atoms with Crippen LogP contribution in [0.2, 0.25) is 0 Å². The van der Waals surface area contributed by atoms with Crippen molar-refractivity contribution in [3.63, 3.8) is 0 Å². The van der Waals surface area contributed by atoms with Gasteiger partial charge in [0.25, 0.3) is 0 Å². The minimum atomic E-state index is 0.0537. The summed E-state index contributed by atoms with van der Waals surface area (Å²) in [4.78, 5) is 0. The normalized spacial score (nSPS) is 12.6. The van der Waals surface area contributed by atoms with Crippen LogP contribution in [0, 0.1) is 0 Å². The van der Waals surface area contributed by atoms with Crippen molar-refractivity contribution in [2.45, 2.75) is 18.9 Å². The van der Waals surface area contributed by atoms with Crippen LogP contribution in [0.5, 0.6) is 0 Å². The Labute approximate surface area is 109 Å². The van der Waals surface area contributed by atoms with E-state index in [4.69, 9.17) is 5.73 Å². The predicted molar refractivity (Wildman–Crippen MR) is 70.4 cm³/mol. The lowest BCUT2D eigenvalue weighted by molar-refractivity contribution is 0.607. The highest BCUT2D eigenvalue weighted by atomic mass is 79.9. The summed E-state index contributed by atoms with van der Waals surface area (Å²) in [7, 11) is 1.89. The zero-order valence-corrected chi connectivity index (χ0v) is 11.3. The Hall–Kier alpha value is -1.20. The average molecular weight is 295 g/mol. The van der Waals surface area contributed by atoms with Gasteiger partial charge in [-0.2, -0.15) is 0 Å². The zero-order chi connectivity index (χ0) is 12.3. The molecule has 90 valence electrons. The van der Waals surface area contributed by atoms with Crippen molar-refractivity contribution in [3.8, 4) is 0 Å². The third-order valence-electron chi connectivity index (χ3n) is 2.82. The molecule has 0 bridgehead atoms. The molecule has 2 rings (SSSR count). The molecule has 0 radical (unpaired) electrons. The summed E-state index contributed by atoms with van der Waals surface area (Å²) in [6, 6.07) is 10.2. The molecule has 17 heavy (non-hydrogen) atoms. The lowest BCUT2D eigenvalue weighted by atomic mass is 10.0. The van der Waals surface area contributed by atoms with Crippen LogP contribution in [0.1, 0.15) is 23.7 Å². The van der Waals surface area contributed by atoms with E-state index in [0.717, 1.165) is 23.1 Å². The summed E-state index contributed by atoms with van der Waals surface area (Å²) in [5, 5.41) is 7.90. The highest BCUT2D eigenvalue weighted by molar-refractivity contribution is 9.10. The molecular weight excluding hydrogens is 280 g/mol. The van der Waals surface area contributed by atoms with Crippen LogP contribution in [0.25, 0.3) is 0 Å². The summed E-state index contributed by atoms with van der Waals surface area (Å²) in [6.07, 6.45) is 1.74. The van der Waals surface area contributed by atoms with Gasteiger partial charge < -0.3 is 5.73 Å². The first-order valence-electron chi connectivity index (χ1n) is 5.53. The lowest BCUT2D eigenvalue weighted by Gasteiger charge is -2.11. The molecule has 0 amide bonds. The molecule has 0 aliphatic carbocycles. The fourth-order valence-electron chi connectivity index (χ4n) is 1.78. The fraction of sp³-hybridized carbons (Fsp3) is 0.333. The number of aromatic nitrogens is 3. The second-order valence-corrected chi connectivity index (χ2v) is 4.76. The lowest BCUT2D eigenvalue weighted by Crippen LogP contribution is -2.12. The molecule has 0 fully saturated rings. The Morgan fingerprint density at radius 1 is 1.35 bits per heavy atom. The Morgan fingerprint density at radius 3 is 2.65 bits per heavy atom. The van der Waals surface area contributed by atoms with Gasteiger partial charge in [0, 0.05) is 13.1 Å². The first kappa shape index (κ1) is 12.3. The average Bonchev–Trinajstić information content (AvgIpc) is 2.67. The van der Waals surface area contributed by atoms with Gasteiger partial charge in [-0.3, -0.25) is 4.68 Å². The highest BCUT2D eigenvalue weighted by Gasteiger charge is 2.11. The number of rotatable bonds is 4. The van der Waals surface area contributed by atoms with Crippen LogP contribution in [0.15, 0.2) is 34.9 Å². The molecule has 0 aliphatic rings. The third-order valence-corrected chi connectivity index (χ3v) is 3.43. The van der Waals surface area contributed by atoms with Gasteiger partial charge in [-0.25, -0.2) is 0 Å². The SMILES string of the molecule is Cn1nnc(Br)c1CCC(N)c1ccccc1. The van der Waals surface area contributed by atoms with Gasteiger partial charge >= 0.3 is 0 Å². The molecule has 1 unspecified atom stereocenters.